The molecule has 0 heterocycles. The highest BCUT2D eigenvalue weighted by Gasteiger charge is 2.26. The smallest absolute Gasteiger partial charge is 0.379 e. The summed E-state index contributed by atoms with van der Waals surface area (Å²) in [5.74, 6) is 0.772. The summed E-state index contributed by atoms with van der Waals surface area (Å²) in [7, 11) is -3.29. The van der Waals surface area contributed by atoms with E-state index in [0.717, 1.165) is 25.7 Å². The van der Waals surface area contributed by atoms with E-state index in [-0.39, 0.29) is 11.4 Å². The topological polar surface area (TPSA) is 78.7 Å². The number of non-ortho nitro benzene ring substituents is 1. The standard InChI is InChI=1S/C16H26NO5P/c1-4-5-12-23(20,21-11-7-8-14(2)3)22-16-10-6-9-15(13-16)17(18)19/h6,9-10,13-14H,4-5,7-8,11-12H2,1-3H3. The van der Waals surface area contributed by atoms with E-state index in [9.17, 15) is 14.7 Å². The second-order valence-corrected chi connectivity index (χ2v) is 8.01. The van der Waals surface area contributed by atoms with Gasteiger partial charge in [-0.3, -0.25) is 14.6 Å². The number of hydrogen-bond acceptors (Lipinski definition) is 5. The molecule has 0 saturated heterocycles. The van der Waals surface area contributed by atoms with E-state index in [1.165, 1.54) is 18.2 Å². The number of hydrogen-bond donors (Lipinski definition) is 0. The van der Waals surface area contributed by atoms with E-state index >= 15 is 0 Å². The van der Waals surface area contributed by atoms with Crippen LogP contribution in [0.3, 0.4) is 0 Å². The second kappa shape index (κ2) is 9.68. The van der Waals surface area contributed by atoms with Gasteiger partial charge < -0.3 is 4.52 Å². The van der Waals surface area contributed by atoms with Crippen LogP contribution < -0.4 is 4.52 Å². The highest BCUT2D eigenvalue weighted by molar-refractivity contribution is 7.54. The molecule has 0 radical (unpaired) electrons. The highest BCUT2D eigenvalue weighted by Crippen LogP contribution is 2.49. The summed E-state index contributed by atoms with van der Waals surface area (Å²) >= 11 is 0. The maximum absolute atomic E-state index is 12.9. The summed E-state index contributed by atoms with van der Waals surface area (Å²) in [6.45, 7) is 6.61. The molecule has 130 valence electrons. The van der Waals surface area contributed by atoms with E-state index in [4.69, 9.17) is 9.05 Å². The second-order valence-electron chi connectivity index (χ2n) is 5.90. The predicted octanol–water partition coefficient (Wildman–Crippen LogP) is 5.42. The van der Waals surface area contributed by atoms with Gasteiger partial charge in [0.15, 0.2) is 0 Å². The van der Waals surface area contributed by atoms with Crippen molar-refractivity contribution in [1.82, 2.24) is 0 Å². The van der Waals surface area contributed by atoms with E-state index in [0.29, 0.717) is 18.7 Å². The average molecular weight is 343 g/mol. The molecule has 0 N–H and O–H groups in total. The summed E-state index contributed by atoms with van der Waals surface area (Å²) in [6, 6.07) is 5.71. The SMILES string of the molecule is CCCCP(=O)(OCCCC(C)C)Oc1cccc([N+](=O)[O-])c1. The largest absolute Gasteiger partial charge is 0.424 e. The maximum atomic E-state index is 12.9. The van der Waals surface area contributed by atoms with Gasteiger partial charge in [-0.15, -0.1) is 0 Å². The van der Waals surface area contributed by atoms with Gasteiger partial charge >= 0.3 is 7.60 Å². The molecule has 1 atom stereocenters. The Morgan fingerprint density at radius 3 is 2.65 bits per heavy atom. The number of benzene rings is 1. The summed E-state index contributed by atoms with van der Waals surface area (Å²) in [5.41, 5.74) is -0.0932. The van der Waals surface area contributed by atoms with Gasteiger partial charge in [-0.05, 0) is 31.2 Å². The molecule has 0 aliphatic rings. The Labute approximate surface area is 137 Å². The lowest BCUT2D eigenvalue weighted by Crippen LogP contribution is -2.05. The van der Waals surface area contributed by atoms with Crippen molar-refractivity contribution in [2.75, 3.05) is 12.8 Å². The quantitative estimate of drug-likeness (QED) is 0.232. The lowest BCUT2D eigenvalue weighted by Gasteiger charge is -2.19. The minimum absolute atomic E-state index is 0.0932. The van der Waals surface area contributed by atoms with Crippen molar-refractivity contribution >= 4 is 13.3 Å². The zero-order chi connectivity index (χ0) is 17.3. The summed E-state index contributed by atoms with van der Waals surface area (Å²) in [4.78, 5) is 10.3. The number of nitro groups is 1. The molecule has 0 amide bonds. The van der Waals surface area contributed by atoms with Crippen molar-refractivity contribution in [2.45, 2.75) is 46.5 Å². The van der Waals surface area contributed by atoms with Crippen molar-refractivity contribution in [3.8, 4) is 5.75 Å². The van der Waals surface area contributed by atoms with E-state index < -0.39 is 12.5 Å². The molecule has 6 nitrogen and oxygen atoms in total. The Morgan fingerprint density at radius 2 is 2.04 bits per heavy atom. The first kappa shape index (κ1) is 19.7. The van der Waals surface area contributed by atoms with Crippen LogP contribution in [0.2, 0.25) is 0 Å². The third-order valence-corrected chi connectivity index (χ3v) is 5.20. The minimum Gasteiger partial charge on any atom is -0.424 e. The molecule has 1 unspecified atom stereocenters. The van der Waals surface area contributed by atoms with E-state index in [1.807, 2.05) is 6.92 Å². The zero-order valence-corrected chi connectivity index (χ0v) is 15.0. The Kier molecular flexibility index (Phi) is 8.28. The first-order valence-corrected chi connectivity index (χ1v) is 9.76. The van der Waals surface area contributed by atoms with Crippen molar-refractivity contribution in [3.63, 3.8) is 0 Å². The Hall–Kier alpha value is -1.39. The summed E-state index contributed by atoms with van der Waals surface area (Å²) in [5, 5.41) is 10.8. The molecule has 1 aromatic rings. The molecule has 7 heteroatoms. The number of rotatable bonds is 11. The predicted molar refractivity (Wildman–Crippen MR) is 91.1 cm³/mol. The Morgan fingerprint density at radius 1 is 1.30 bits per heavy atom. The molecule has 0 spiro atoms. The minimum atomic E-state index is -3.29. The fourth-order valence-corrected chi connectivity index (χ4v) is 3.82. The molecule has 1 rings (SSSR count). The number of nitrogens with zero attached hydrogens (tertiary/aromatic N) is 1. The van der Waals surface area contributed by atoms with Crippen molar-refractivity contribution in [1.29, 1.82) is 0 Å². The van der Waals surface area contributed by atoms with Gasteiger partial charge in [-0.2, -0.15) is 0 Å². The van der Waals surface area contributed by atoms with Crippen molar-refractivity contribution in [2.24, 2.45) is 5.92 Å². The molecule has 0 fully saturated rings. The van der Waals surface area contributed by atoms with Gasteiger partial charge in [0.05, 0.1) is 23.8 Å². The molecule has 0 aromatic heterocycles. The molecule has 0 saturated carbocycles. The van der Waals surface area contributed by atoms with Crippen LogP contribution in [0.4, 0.5) is 5.69 Å². The highest BCUT2D eigenvalue weighted by atomic mass is 31.2. The Bertz CT molecular complexity index is 547. The normalized spacial score (nSPS) is 13.7. The molecule has 0 bridgehead atoms. The molecule has 23 heavy (non-hydrogen) atoms. The van der Waals surface area contributed by atoms with Gasteiger partial charge in [0, 0.05) is 6.07 Å². The lowest BCUT2D eigenvalue weighted by molar-refractivity contribution is -0.384. The van der Waals surface area contributed by atoms with Gasteiger partial charge in [-0.1, -0.05) is 33.3 Å². The van der Waals surface area contributed by atoms with Gasteiger partial charge in [0.2, 0.25) is 0 Å². The maximum Gasteiger partial charge on any atom is 0.379 e. The van der Waals surface area contributed by atoms with Crippen LogP contribution in [0.25, 0.3) is 0 Å². The van der Waals surface area contributed by atoms with E-state index in [2.05, 4.69) is 13.8 Å². The van der Waals surface area contributed by atoms with Gasteiger partial charge in [-0.25, -0.2) is 4.57 Å². The Balaban J connectivity index is 2.74. The van der Waals surface area contributed by atoms with Crippen LogP contribution in [0, 0.1) is 16.0 Å². The first-order valence-electron chi connectivity index (χ1n) is 8.04. The van der Waals surface area contributed by atoms with E-state index in [1.54, 1.807) is 6.07 Å². The number of nitro benzene ring substituents is 1. The monoisotopic (exact) mass is 343 g/mol. The number of unbranched alkanes of at least 4 members (excludes halogenated alkanes) is 1. The van der Waals surface area contributed by atoms with Crippen LogP contribution in [0.15, 0.2) is 24.3 Å². The zero-order valence-electron chi connectivity index (χ0n) is 14.1. The van der Waals surface area contributed by atoms with Crippen LogP contribution in [0.5, 0.6) is 5.75 Å². The molecule has 0 aliphatic carbocycles. The molecular weight excluding hydrogens is 317 g/mol. The summed E-state index contributed by atoms with van der Waals surface area (Å²) in [6.07, 6.45) is 3.71. The third-order valence-electron chi connectivity index (χ3n) is 3.27. The van der Waals surface area contributed by atoms with Crippen LogP contribution in [-0.4, -0.2) is 17.7 Å². The summed E-state index contributed by atoms with van der Waals surface area (Å²) < 4.78 is 23.9. The third kappa shape index (κ3) is 7.62. The van der Waals surface area contributed by atoms with Gasteiger partial charge in [0.25, 0.3) is 5.69 Å². The van der Waals surface area contributed by atoms with Crippen LogP contribution in [-0.2, 0) is 9.09 Å². The molecule has 1 aromatic carbocycles. The van der Waals surface area contributed by atoms with Gasteiger partial charge in [0.1, 0.15) is 5.75 Å². The fraction of sp³-hybridized carbons (Fsp3) is 0.625. The molecule has 0 aliphatic heterocycles. The molecular formula is C16H26NO5P. The van der Waals surface area contributed by atoms with Crippen LogP contribution >= 0.6 is 7.60 Å². The average Bonchev–Trinajstić information content (AvgIpc) is 2.50. The van der Waals surface area contributed by atoms with Crippen molar-refractivity contribution < 1.29 is 18.5 Å². The van der Waals surface area contributed by atoms with Crippen LogP contribution in [0.1, 0.15) is 46.5 Å². The lowest BCUT2D eigenvalue weighted by atomic mass is 10.1. The fourth-order valence-electron chi connectivity index (χ4n) is 2.00. The van der Waals surface area contributed by atoms with Crippen molar-refractivity contribution in [3.05, 3.63) is 34.4 Å². The first-order chi connectivity index (χ1) is 10.9.